The number of carbonyl (C=O) groups is 1. The van der Waals surface area contributed by atoms with Crippen LogP contribution in [0.4, 0.5) is 4.79 Å². The lowest BCUT2D eigenvalue weighted by Crippen LogP contribution is -2.44. The molecular weight excluding hydrogens is 300 g/mol. The molecule has 1 aromatic rings. The Kier molecular flexibility index (Phi) is 6.27. The van der Waals surface area contributed by atoms with Gasteiger partial charge in [-0.15, -0.1) is 0 Å². The van der Waals surface area contributed by atoms with Crippen LogP contribution in [0.15, 0.2) is 18.2 Å². The number of hydrogen-bond acceptors (Lipinski definition) is 3. The average molecular weight is 332 g/mol. The zero-order chi connectivity index (χ0) is 17.7. The van der Waals surface area contributed by atoms with E-state index in [4.69, 9.17) is 4.74 Å². The summed E-state index contributed by atoms with van der Waals surface area (Å²) in [6.07, 6.45) is 3.10. The van der Waals surface area contributed by atoms with Gasteiger partial charge in [-0.25, -0.2) is 4.79 Å². The van der Waals surface area contributed by atoms with Crippen LogP contribution >= 0.6 is 0 Å². The van der Waals surface area contributed by atoms with Crippen molar-refractivity contribution in [2.24, 2.45) is 0 Å². The molecule has 2 rings (SSSR count). The maximum absolute atomic E-state index is 12.4. The highest BCUT2D eigenvalue weighted by Crippen LogP contribution is 2.17. The minimum atomic E-state index is -0.440. The maximum atomic E-state index is 12.4. The fourth-order valence-corrected chi connectivity index (χ4v) is 3.18. The van der Waals surface area contributed by atoms with Crippen LogP contribution in [0.2, 0.25) is 0 Å². The fourth-order valence-electron chi connectivity index (χ4n) is 3.18. The number of benzene rings is 1. The highest BCUT2D eigenvalue weighted by Gasteiger charge is 2.26. The summed E-state index contributed by atoms with van der Waals surface area (Å²) < 4.78 is 5.54. The molecule has 1 atom stereocenters. The van der Waals surface area contributed by atoms with E-state index in [0.717, 1.165) is 38.9 Å². The highest BCUT2D eigenvalue weighted by atomic mass is 16.6. The van der Waals surface area contributed by atoms with Crippen molar-refractivity contribution in [3.8, 4) is 0 Å². The third-order valence-corrected chi connectivity index (χ3v) is 4.54. The SMILES string of the molecule is Cc1cccc(C)c1CNC1CCCCN(C(=O)OC(C)(C)C)C1. The van der Waals surface area contributed by atoms with Crippen LogP contribution in [0.3, 0.4) is 0 Å². The van der Waals surface area contributed by atoms with E-state index in [0.29, 0.717) is 6.04 Å². The van der Waals surface area contributed by atoms with Gasteiger partial charge in [0.1, 0.15) is 5.60 Å². The Bertz CT molecular complexity index is 543. The van der Waals surface area contributed by atoms with E-state index < -0.39 is 5.60 Å². The third kappa shape index (κ3) is 5.52. The molecule has 0 bridgehead atoms. The van der Waals surface area contributed by atoms with Gasteiger partial charge >= 0.3 is 6.09 Å². The smallest absolute Gasteiger partial charge is 0.410 e. The summed E-state index contributed by atoms with van der Waals surface area (Å²) in [5.41, 5.74) is 3.57. The fraction of sp³-hybridized carbons (Fsp3) is 0.650. The maximum Gasteiger partial charge on any atom is 0.410 e. The van der Waals surface area contributed by atoms with Crippen LogP contribution in [0.5, 0.6) is 0 Å². The van der Waals surface area contributed by atoms with Gasteiger partial charge < -0.3 is 15.0 Å². The summed E-state index contributed by atoms with van der Waals surface area (Å²) in [5, 5.41) is 3.66. The standard InChI is InChI=1S/C20H32N2O2/c1-15-9-8-10-16(2)18(15)13-21-17-11-6-7-12-22(14-17)19(23)24-20(3,4)5/h8-10,17,21H,6-7,11-14H2,1-5H3. The molecule has 1 fully saturated rings. The second-order valence-electron chi connectivity index (χ2n) is 7.87. The van der Waals surface area contributed by atoms with Crippen LogP contribution in [0, 0.1) is 13.8 Å². The first-order valence-electron chi connectivity index (χ1n) is 9.02. The first-order chi connectivity index (χ1) is 11.3. The van der Waals surface area contributed by atoms with Crippen LogP contribution in [0.1, 0.15) is 56.7 Å². The molecule has 1 amide bonds. The first-order valence-corrected chi connectivity index (χ1v) is 9.02. The molecule has 0 aliphatic carbocycles. The van der Waals surface area contributed by atoms with Gasteiger partial charge in [0.2, 0.25) is 0 Å². The quantitative estimate of drug-likeness (QED) is 0.902. The molecule has 0 aromatic heterocycles. The molecule has 1 heterocycles. The Labute approximate surface area is 146 Å². The van der Waals surface area contributed by atoms with Gasteiger partial charge in [-0.05, 0) is 64.2 Å². The lowest BCUT2D eigenvalue weighted by molar-refractivity contribution is 0.0243. The largest absolute Gasteiger partial charge is 0.444 e. The molecule has 24 heavy (non-hydrogen) atoms. The van der Waals surface area contributed by atoms with E-state index in [1.807, 2.05) is 25.7 Å². The predicted molar refractivity (Wildman–Crippen MR) is 98.2 cm³/mol. The summed E-state index contributed by atoms with van der Waals surface area (Å²) in [6.45, 7) is 12.4. The van der Waals surface area contributed by atoms with Crippen molar-refractivity contribution in [1.82, 2.24) is 10.2 Å². The van der Waals surface area contributed by atoms with E-state index in [-0.39, 0.29) is 6.09 Å². The lowest BCUT2D eigenvalue weighted by Gasteiger charge is -2.29. The van der Waals surface area contributed by atoms with Gasteiger partial charge in [0, 0.05) is 25.7 Å². The highest BCUT2D eigenvalue weighted by molar-refractivity contribution is 5.68. The van der Waals surface area contributed by atoms with Crippen molar-refractivity contribution in [1.29, 1.82) is 0 Å². The lowest BCUT2D eigenvalue weighted by atomic mass is 10.0. The second-order valence-corrected chi connectivity index (χ2v) is 7.87. The Morgan fingerprint density at radius 3 is 2.54 bits per heavy atom. The Morgan fingerprint density at radius 2 is 1.92 bits per heavy atom. The van der Waals surface area contributed by atoms with E-state index in [2.05, 4.69) is 37.4 Å². The second kappa shape index (κ2) is 8.02. The molecule has 1 aliphatic heterocycles. The number of carbonyl (C=O) groups excluding carboxylic acids is 1. The third-order valence-electron chi connectivity index (χ3n) is 4.54. The minimum Gasteiger partial charge on any atom is -0.444 e. The molecule has 1 aliphatic rings. The van der Waals surface area contributed by atoms with Crippen molar-refractivity contribution in [2.45, 2.75) is 72.1 Å². The minimum absolute atomic E-state index is 0.191. The van der Waals surface area contributed by atoms with Crippen molar-refractivity contribution < 1.29 is 9.53 Å². The summed E-state index contributed by atoms with van der Waals surface area (Å²) in [5.74, 6) is 0. The number of aryl methyl sites for hydroxylation is 2. The van der Waals surface area contributed by atoms with Gasteiger partial charge in [0.15, 0.2) is 0 Å². The normalized spacial score (nSPS) is 19.0. The molecule has 0 radical (unpaired) electrons. The number of likely N-dealkylation sites (tertiary alicyclic amines) is 1. The van der Waals surface area contributed by atoms with Crippen molar-refractivity contribution in [3.63, 3.8) is 0 Å². The van der Waals surface area contributed by atoms with Crippen molar-refractivity contribution in [3.05, 3.63) is 34.9 Å². The summed E-state index contributed by atoms with van der Waals surface area (Å²) in [6, 6.07) is 6.73. The van der Waals surface area contributed by atoms with E-state index >= 15 is 0 Å². The topological polar surface area (TPSA) is 41.6 Å². The average Bonchev–Trinajstić information content (AvgIpc) is 2.71. The molecular formula is C20H32N2O2. The number of nitrogens with one attached hydrogen (secondary N) is 1. The molecule has 4 heteroatoms. The number of ether oxygens (including phenoxy) is 1. The van der Waals surface area contributed by atoms with Gasteiger partial charge in [0.25, 0.3) is 0 Å². The number of amides is 1. The van der Waals surface area contributed by atoms with Gasteiger partial charge in [0.05, 0.1) is 0 Å². The first kappa shape index (κ1) is 18.8. The van der Waals surface area contributed by atoms with E-state index in [1.54, 1.807) is 0 Å². The number of rotatable bonds is 3. The zero-order valence-electron chi connectivity index (χ0n) is 15.8. The molecule has 1 saturated heterocycles. The van der Waals surface area contributed by atoms with Crippen LogP contribution in [0.25, 0.3) is 0 Å². The Balaban J connectivity index is 1.96. The Morgan fingerprint density at radius 1 is 1.25 bits per heavy atom. The summed E-state index contributed by atoms with van der Waals surface area (Å²) in [7, 11) is 0. The molecule has 0 saturated carbocycles. The molecule has 0 spiro atoms. The van der Waals surface area contributed by atoms with E-state index in [9.17, 15) is 4.79 Å². The van der Waals surface area contributed by atoms with Crippen LogP contribution in [-0.4, -0.2) is 35.7 Å². The predicted octanol–water partition coefficient (Wildman–Crippen LogP) is 4.18. The van der Waals surface area contributed by atoms with Gasteiger partial charge in [-0.1, -0.05) is 24.6 Å². The number of nitrogens with zero attached hydrogens (tertiary/aromatic N) is 1. The summed E-state index contributed by atoms with van der Waals surface area (Å²) >= 11 is 0. The molecule has 134 valence electrons. The van der Waals surface area contributed by atoms with Crippen LogP contribution in [-0.2, 0) is 11.3 Å². The molecule has 1 aromatic carbocycles. The Hall–Kier alpha value is -1.55. The van der Waals surface area contributed by atoms with Crippen LogP contribution < -0.4 is 5.32 Å². The molecule has 1 N–H and O–H groups in total. The zero-order valence-corrected chi connectivity index (χ0v) is 15.8. The van der Waals surface area contributed by atoms with Crippen molar-refractivity contribution in [2.75, 3.05) is 13.1 Å². The van der Waals surface area contributed by atoms with Gasteiger partial charge in [-0.3, -0.25) is 0 Å². The monoisotopic (exact) mass is 332 g/mol. The molecule has 1 unspecified atom stereocenters. The molecule has 4 nitrogen and oxygen atoms in total. The van der Waals surface area contributed by atoms with Crippen molar-refractivity contribution >= 4 is 6.09 Å². The summed E-state index contributed by atoms with van der Waals surface area (Å²) in [4.78, 5) is 14.2. The van der Waals surface area contributed by atoms with E-state index in [1.165, 1.54) is 16.7 Å². The van der Waals surface area contributed by atoms with Gasteiger partial charge in [-0.2, -0.15) is 0 Å². The number of hydrogen-bond donors (Lipinski definition) is 1.